The molecule has 4 N–H and O–H groups in total. The van der Waals surface area contributed by atoms with Crippen molar-refractivity contribution in [3.05, 3.63) is 54.1 Å². The van der Waals surface area contributed by atoms with Crippen molar-refractivity contribution in [1.29, 1.82) is 0 Å². The van der Waals surface area contributed by atoms with Crippen LogP contribution in [0.25, 0.3) is 0 Å². The molecule has 222 valence electrons. The summed E-state index contributed by atoms with van der Waals surface area (Å²) >= 11 is 0. The predicted molar refractivity (Wildman–Crippen MR) is 159 cm³/mol. The second-order valence-electron chi connectivity index (χ2n) is 11.0. The summed E-state index contributed by atoms with van der Waals surface area (Å²) in [6, 6.07) is 6.80. The van der Waals surface area contributed by atoms with Crippen LogP contribution in [0, 0.1) is 0 Å². The highest BCUT2D eigenvalue weighted by Gasteiger charge is 2.42. The average molecular weight is 556 g/mol. The van der Waals surface area contributed by atoms with Gasteiger partial charge in [0.15, 0.2) is 0 Å². The molecule has 9 heteroatoms. The second kappa shape index (κ2) is 15.7. The number of aromatic hydroxyl groups is 1. The number of unbranched alkanes of at least 4 members (excludes halogenated alkanes) is 1. The van der Waals surface area contributed by atoms with Gasteiger partial charge in [-0.05, 0) is 69.8 Å². The molecule has 2 aliphatic heterocycles. The number of nitrogens with zero attached hydrogens (tertiary/aromatic N) is 3. The van der Waals surface area contributed by atoms with E-state index in [1.54, 1.807) is 12.1 Å². The molecule has 9 nitrogen and oxygen atoms in total. The van der Waals surface area contributed by atoms with Crippen LogP contribution in [0.3, 0.4) is 0 Å². The van der Waals surface area contributed by atoms with Gasteiger partial charge in [0.1, 0.15) is 12.0 Å². The van der Waals surface area contributed by atoms with Crippen LogP contribution in [0.1, 0.15) is 64.4 Å². The topological polar surface area (TPSA) is 108 Å². The SMILES string of the molecule is CCCCC(Cc1ccc(O)cc1)(NC(=O)N1CCC(N2CC/C=C\C/C=C\CNC2=O)CC1)C(O)N(C)CC. The van der Waals surface area contributed by atoms with Crippen LogP contribution >= 0.6 is 0 Å². The van der Waals surface area contributed by atoms with Crippen molar-refractivity contribution in [2.45, 2.75) is 83.0 Å². The smallest absolute Gasteiger partial charge is 0.317 e. The Labute approximate surface area is 239 Å². The first-order valence-corrected chi connectivity index (χ1v) is 14.9. The molecule has 1 aromatic carbocycles. The standard InChI is InChI=1S/C31H49N5O4/c1-4-6-19-31(28(38)34(3)5-2,24-25-13-15-27(37)16-14-25)33-30(40)35-22-17-26(18-23-35)36-21-12-10-8-7-9-11-20-32-29(36)39/h8-11,13-16,26,28,37-38H,4-7,12,17-24H2,1-3H3,(H,32,39)(H,33,40)/b10-8-,11-9-. The third-order valence-electron chi connectivity index (χ3n) is 8.17. The zero-order chi connectivity index (χ0) is 29.0. The molecule has 0 spiro atoms. The Balaban J connectivity index is 1.73. The Morgan fingerprint density at radius 2 is 1.82 bits per heavy atom. The minimum Gasteiger partial charge on any atom is -0.508 e. The number of benzene rings is 1. The van der Waals surface area contributed by atoms with Crippen molar-refractivity contribution in [1.82, 2.24) is 25.3 Å². The molecule has 0 aromatic heterocycles. The number of hydrogen-bond acceptors (Lipinski definition) is 5. The number of amides is 4. The van der Waals surface area contributed by atoms with E-state index in [0.717, 1.165) is 31.2 Å². The highest BCUT2D eigenvalue weighted by Crippen LogP contribution is 2.28. The van der Waals surface area contributed by atoms with E-state index >= 15 is 0 Å². The summed E-state index contributed by atoms with van der Waals surface area (Å²) < 4.78 is 0. The monoisotopic (exact) mass is 555 g/mol. The predicted octanol–water partition coefficient (Wildman–Crippen LogP) is 4.23. The fourth-order valence-corrected chi connectivity index (χ4v) is 5.60. The number of likely N-dealkylation sites (tertiary alicyclic amines) is 1. The van der Waals surface area contributed by atoms with E-state index in [1.165, 1.54) is 0 Å². The van der Waals surface area contributed by atoms with Crippen molar-refractivity contribution >= 4 is 12.1 Å². The maximum atomic E-state index is 13.7. The third-order valence-corrected chi connectivity index (χ3v) is 8.17. The number of hydrogen-bond donors (Lipinski definition) is 4. The lowest BCUT2D eigenvalue weighted by atomic mass is 9.83. The molecule has 1 fully saturated rings. The average Bonchev–Trinajstić information content (AvgIpc) is 3.01. The van der Waals surface area contributed by atoms with Crippen LogP contribution in [0.4, 0.5) is 9.59 Å². The van der Waals surface area contributed by atoms with Gasteiger partial charge in [0.2, 0.25) is 0 Å². The van der Waals surface area contributed by atoms with E-state index in [4.69, 9.17) is 0 Å². The molecule has 2 atom stereocenters. The molecule has 2 unspecified atom stereocenters. The van der Waals surface area contributed by atoms with Gasteiger partial charge in [0, 0.05) is 32.2 Å². The Morgan fingerprint density at radius 3 is 2.50 bits per heavy atom. The lowest BCUT2D eigenvalue weighted by Gasteiger charge is -2.45. The lowest BCUT2D eigenvalue weighted by Crippen LogP contribution is -2.65. The number of carbonyl (C=O) groups excluding carboxylic acids is 2. The number of urea groups is 2. The van der Waals surface area contributed by atoms with Crippen LogP contribution in [0.15, 0.2) is 48.6 Å². The summed E-state index contributed by atoms with van der Waals surface area (Å²) in [5, 5.41) is 27.6. The number of nitrogens with one attached hydrogen (secondary N) is 2. The molecule has 2 aliphatic rings. The number of phenolic OH excluding ortho intramolecular Hbond substituents is 1. The highest BCUT2D eigenvalue weighted by atomic mass is 16.3. The lowest BCUT2D eigenvalue weighted by molar-refractivity contribution is -0.0531. The number of phenols is 1. The van der Waals surface area contributed by atoms with Gasteiger partial charge >= 0.3 is 12.1 Å². The van der Waals surface area contributed by atoms with Gasteiger partial charge in [-0.15, -0.1) is 0 Å². The maximum absolute atomic E-state index is 13.7. The number of likely N-dealkylation sites (N-methyl/N-ethyl adjacent to an activating group) is 1. The van der Waals surface area contributed by atoms with Gasteiger partial charge in [0.05, 0.1) is 5.54 Å². The fraction of sp³-hybridized carbons (Fsp3) is 0.613. The first-order chi connectivity index (χ1) is 19.3. The van der Waals surface area contributed by atoms with E-state index in [0.29, 0.717) is 58.4 Å². The molecule has 0 aliphatic carbocycles. The van der Waals surface area contributed by atoms with Crippen LogP contribution < -0.4 is 10.6 Å². The van der Waals surface area contributed by atoms with Crippen LogP contribution in [-0.2, 0) is 6.42 Å². The maximum Gasteiger partial charge on any atom is 0.317 e. The first-order valence-electron chi connectivity index (χ1n) is 14.9. The molecule has 0 bridgehead atoms. The molecular weight excluding hydrogens is 506 g/mol. The summed E-state index contributed by atoms with van der Waals surface area (Å²) in [6.07, 6.45) is 13.3. The molecule has 1 aromatic rings. The van der Waals surface area contributed by atoms with Gasteiger partial charge < -0.3 is 30.6 Å². The first kappa shape index (κ1) is 31.5. The Kier molecular flexibility index (Phi) is 12.3. The molecule has 2 heterocycles. The highest BCUT2D eigenvalue weighted by molar-refractivity contribution is 5.76. The van der Waals surface area contributed by atoms with Gasteiger partial charge in [-0.2, -0.15) is 0 Å². The molecular formula is C31H49N5O4. The molecule has 0 saturated carbocycles. The Bertz CT molecular complexity index is 990. The molecule has 40 heavy (non-hydrogen) atoms. The van der Waals surface area contributed by atoms with Crippen molar-refractivity contribution in [2.24, 2.45) is 0 Å². The summed E-state index contributed by atoms with van der Waals surface area (Å²) in [4.78, 5) is 32.3. The normalized spacial score (nSPS) is 21.2. The van der Waals surface area contributed by atoms with Gasteiger partial charge in [-0.25, -0.2) is 9.59 Å². The van der Waals surface area contributed by atoms with Crippen LogP contribution in [0.2, 0.25) is 0 Å². The summed E-state index contributed by atoms with van der Waals surface area (Å²) in [5.74, 6) is 0.184. The van der Waals surface area contributed by atoms with E-state index in [1.807, 2.05) is 46.9 Å². The number of rotatable bonds is 10. The van der Waals surface area contributed by atoms with Crippen molar-refractivity contribution < 1.29 is 19.8 Å². The third kappa shape index (κ3) is 8.73. The number of piperidine rings is 1. The number of allylic oxidation sites excluding steroid dienone is 2. The molecule has 4 amide bonds. The Morgan fingerprint density at radius 1 is 1.12 bits per heavy atom. The van der Waals surface area contributed by atoms with Gasteiger partial charge in [-0.3, -0.25) is 4.90 Å². The Hall–Kier alpha value is -3.04. The van der Waals surface area contributed by atoms with Crippen molar-refractivity contribution in [3.63, 3.8) is 0 Å². The fourth-order valence-electron chi connectivity index (χ4n) is 5.60. The van der Waals surface area contributed by atoms with E-state index in [9.17, 15) is 19.8 Å². The summed E-state index contributed by atoms with van der Waals surface area (Å²) in [7, 11) is 1.87. The minimum absolute atomic E-state index is 0.0546. The molecule has 1 saturated heterocycles. The van der Waals surface area contributed by atoms with Gasteiger partial charge in [0.25, 0.3) is 0 Å². The van der Waals surface area contributed by atoms with Crippen molar-refractivity contribution in [3.8, 4) is 5.75 Å². The van der Waals surface area contributed by atoms with E-state index < -0.39 is 11.8 Å². The minimum atomic E-state index is -0.899. The summed E-state index contributed by atoms with van der Waals surface area (Å²) in [5.41, 5.74) is 0.0370. The molecule has 3 rings (SSSR count). The number of aliphatic hydroxyl groups excluding tert-OH is 1. The van der Waals surface area contributed by atoms with Crippen LogP contribution in [0.5, 0.6) is 5.75 Å². The summed E-state index contributed by atoms with van der Waals surface area (Å²) in [6.45, 7) is 6.97. The quantitative estimate of drug-likeness (QED) is 0.255. The zero-order valence-corrected chi connectivity index (χ0v) is 24.5. The molecule has 0 radical (unpaired) electrons. The van der Waals surface area contributed by atoms with Crippen molar-refractivity contribution in [2.75, 3.05) is 39.8 Å². The zero-order valence-electron chi connectivity index (χ0n) is 24.5. The van der Waals surface area contributed by atoms with E-state index in [-0.39, 0.29) is 23.9 Å². The van der Waals surface area contributed by atoms with Crippen LogP contribution in [-0.4, -0.2) is 94.6 Å². The number of aliphatic hydroxyl groups is 1. The van der Waals surface area contributed by atoms with E-state index in [2.05, 4.69) is 35.8 Å². The number of carbonyl (C=O) groups is 2. The largest absolute Gasteiger partial charge is 0.508 e. The second-order valence-corrected chi connectivity index (χ2v) is 11.0. The van der Waals surface area contributed by atoms with Gasteiger partial charge in [-0.1, -0.05) is 63.1 Å².